The van der Waals surface area contributed by atoms with Crippen LogP contribution in [0.4, 0.5) is 11.4 Å². The monoisotopic (exact) mass is 370 g/mol. The predicted molar refractivity (Wildman–Crippen MR) is 111 cm³/mol. The van der Waals surface area contributed by atoms with Gasteiger partial charge in [-0.1, -0.05) is 39.3 Å². The molecule has 1 amide bonds. The molecule has 27 heavy (non-hydrogen) atoms. The highest BCUT2D eigenvalue weighted by molar-refractivity contribution is 5.94. The molecule has 0 unspecified atom stereocenters. The minimum atomic E-state index is -0.117. The second kappa shape index (κ2) is 11.1. The lowest BCUT2D eigenvalue weighted by molar-refractivity contribution is -0.114. The van der Waals surface area contributed by atoms with E-state index in [1.54, 1.807) is 0 Å². The van der Waals surface area contributed by atoms with Gasteiger partial charge in [0.05, 0.1) is 25.4 Å². The first kappa shape index (κ1) is 20.6. The molecule has 0 saturated heterocycles. The summed E-state index contributed by atoms with van der Waals surface area (Å²) in [5.41, 5.74) is 1.56. The third-order valence-electron chi connectivity index (χ3n) is 3.80. The summed E-state index contributed by atoms with van der Waals surface area (Å²) in [6.45, 7) is 7.84. The summed E-state index contributed by atoms with van der Waals surface area (Å²) in [6, 6.07) is 15.1. The maximum atomic E-state index is 12.2. The summed E-state index contributed by atoms with van der Waals surface area (Å²) >= 11 is 0. The molecule has 0 aromatic heterocycles. The number of hydrogen-bond donors (Lipinski definition) is 2. The molecule has 0 fully saturated rings. The maximum absolute atomic E-state index is 12.2. The van der Waals surface area contributed by atoms with E-state index in [1.807, 2.05) is 48.5 Å². The fraction of sp³-hybridized carbons (Fsp3) is 0.409. The van der Waals surface area contributed by atoms with Gasteiger partial charge in [-0.25, -0.2) is 0 Å². The maximum Gasteiger partial charge on any atom is 0.243 e. The summed E-state index contributed by atoms with van der Waals surface area (Å²) in [5, 5.41) is 6.02. The van der Waals surface area contributed by atoms with Crippen LogP contribution in [0.15, 0.2) is 48.5 Å². The SMILES string of the molecule is CCCCOc1ccc(NC(=O)CNc2ccccc2OCC(C)C)cc1. The number of amides is 1. The van der Waals surface area contributed by atoms with Crippen molar-refractivity contribution >= 4 is 17.3 Å². The van der Waals surface area contributed by atoms with Crippen LogP contribution in [0.1, 0.15) is 33.6 Å². The minimum Gasteiger partial charge on any atom is -0.494 e. The molecule has 2 rings (SSSR count). The molecule has 2 N–H and O–H groups in total. The molecular formula is C22H30N2O3. The fourth-order valence-corrected chi connectivity index (χ4v) is 2.34. The van der Waals surface area contributed by atoms with Crippen LogP contribution >= 0.6 is 0 Å². The van der Waals surface area contributed by atoms with E-state index in [0.29, 0.717) is 19.1 Å². The Morgan fingerprint density at radius 3 is 2.48 bits per heavy atom. The quantitative estimate of drug-likeness (QED) is 0.549. The predicted octanol–water partition coefficient (Wildman–Crippen LogP) is 4.95. The van der Waals surface area contributed by atoms with Crippen molar-refractivity contribution in [3.63, 3.8) is 0 Å². The molecule has 5 nitrogen and oxygen atoms in total. The molecule has 0 radical (unpaired) electrons. The van der Waals surface area contributed by atoms with Crippen molar-refractivity contribution in [3.8, 4) is 11.5 Å². The first-order valence-electron chi connectivity index (χ1n) is 9.57. The van der Waals surface area contributed by atoms with Gasteiger partial charge < -0.3 is 20.1 Å². The topological polar surface area (TPSA) is 59.6 Å². The van der Waals surface area contributed by atoms with Gasteiger partial charge in [-0.2, -0.15) is 0 Å². The van der Waals surface area contributed by atoms with Gasteiger partial charge >= 0.3 is 0 Å². The third kappa shape index (κ3) is 7.60. The Labute approximate surface area is 162 Å². The van der Waals surface area contributed by atoms with Crippen LogP contribution in [0.5, 0.6) is 11.5 Å². The van der Waals surface area contributed by atoms with Crippen LogP contribution < -0.4 is 20.1 Å². The Hall–Kier alpha value is -2.69. The van der Waals surface area contributed by atoms with E-state index >= 15 is 0 Å². The van der Waals surface area contributed by atoms with E-state index in [2.05, 4.69) is 31.4 Å². The molecule has 0 spiro atoms. The number of carbonyl (C=O) groups excluding carboxylic acids is 1. The van der Waals surface area contributed by atoms with Crippen molar-refractivity contribution < 1.29 is 14.3 Å². The first-order chi connectivity index (χ1) is 13.1. The number of carbonyl (C=O) groups is 1. The number of benzene rings is 2. The molecule has 146 valence electrons. The second-order valence-corrected chi connectivity index (χ2v) is 6.83. The number of rotatable bonds is 11. The van der Waals surface area contributed by atoms with Gasteiger partial charge in [0.15, 0.2) is 0 Å². The van der Waals surface area contributed by atoms with E-state index in [9.17, 15) is 4.79 Å². The average molecular weight is 370 g/mol. The lowest BCUT2D eigenvalue weighted by atomic mass is 10.2. The minimum absolute atomic E-state index is 0.117. The Morgan fingerprint density at radius 2 is 1.78 bits per heavy atom. The molecule has 0 heterocycles. The van der Waals surface area contributed by atoms with E-state index in [1.165, 1.54) is 0 Å². The molecule has 0 atom stereocenters. The van der Waals surface area contributed by atoms with Crippen LogP contribution in [0.25, 0.3) is 0 Å². The van der Waals surface area contributed by atoms with Gasteiger partial charge in [0, 0.05) is 5.69 Å². The van der Waals surface area contributed by atoms with Crippen LogP contribution in [-0.4, -0.2) is 25.7 Å². The van der Waals surface area contributed by atoms with Crippen LogP contribution in [0.3, 0.4) is 0 Å². The number of ether oxygens (including phenoxy) is 2. The normalized spacial score (nSPS) is 10.5. The van der Waals surface area contributed by atoms with Crippen LogP contribution in [-0.2, 0) is 4.79 Å². The summed E-state index contributed by atoms with van der Waals surface area (Å²) < 4.78 is 11.4. The van der Waals surface area contributed by atoms with Crippen molar-refractivity contribution in [1.82, 2.24) is 0 Å². The van der Waals surface area contributed by atoms with Crippen LogP contribution in [0.2, 0.25) is 0 Å². The molecule has 0 saturated carbocycles. The summed E-state index contributed by atoms with van der Waals surface area (Å²) in [5.74, 6) is 1.90. The van der Waals surface area contributed by atoms with Gasteiger partial charge in [-0.3, -0.25) is 4.79 Å². The standard InChI is InChI=1S/C22H30N2O3/c1-4-5-14-26-19-12-10-18(11-13-19)24-22(25)15-23-20-8-6-7-9-21(20)27-16-17(2)3/h6-13,17,23H,4-5,14-16H2,1-3H3,(H,24,25). The van der Waals surface area contributed by atoms with E-state index in [0.717, 1.165) is 35.7 Å². The van der Waals surface area contributed by atoms with Crippen molar-refractivity contribution in [2.24, 2.45) is 5.92 Å². The largest absolute Gasteiger partial charge is 0.494 e. The van der Waals surface area contributed by atoms with Crippen molar-refractivity contribution in [2.75, 3.05) is 30.4 Å². The molecule has 2 aromatic rings. The van der Waals surface area contributed by atoms with Crippen LogP contribution in [0, 0.1) is 5.92 Å². The lowest BCUT2D eigenvalue weighted by Crippen LogP contribution is -2.22. The first-order valence-corrected chi connectivity index (χ1v) is 9.57. The molecule has 0 aliphatic heterocycles. The zero-order valence-corrected chi connectivity index (χ0v) is 16.5. The Kier molecular flexibility index (Phi) is 8.49. The van der Waals surface area contributed by atoms with Crippen molar-refractivity contribution in [2.45, 2.75) is 33.6 Å². The van der Waals surface area contributed by atoms with E-state index < -0.39 is 0 Å². The zero-order chi connectivity index (χ0) is 19.5. The van der Waals surface area contributed by atoms with E-state index in [4.69, 9.17) is 9.47 Å². The third-order valence-corrected chi connectivity index (χ3v) is 3.80. The zero-order valence-electron chi connectivity index (χ0n) is 16.5. The van der Waals surface area contributed by atoms with Crippen molar-refractivity contribution in [1.29, 1.82) is 0 Å². The lowest BCUT2D eigenvalue weighted by Gasteiger charge is -2.14. The summed E-state index contributed by atoms with van der Waals surface area (Å²) in [7, 11) is 0. The van der Waals surface area contributed by atoms with E-state index in [-0.39, 0.29) is 12.5 Å². The fourth-order valence-electron chi connectivity index (χ4n) is 2.34. The van der Waals surface area contributed by atoms with Gasteiger partial charge in [0.1, 0.15) is 11.5 Å². The highest BCUT2D eigenvalue weighted by Gasteiger charge is 2.07. The molecule has 0 aliphatic rings. The summed E-state index contributed by atoms with van der Waals surface area (Å²) in [6.07, 6.45) is 2.14. The highest BCUT2D eigenvalue weighted by atomic mass is 16.5. The van der Waals surface area contributed by atoms with Gasteiger partial charge in [-0.05, 0) is 48.7 Å². The Bertz CT molecular complexity index is 699. The average Bonchev–Trinajstić information content (AvgIpc) is 2.67. The van der Waals surface area contributed by atoms with Gasteiger partial charge in [-0.15, -0.1) is 0 Å². The molecule has 0 bridgehead atoms. The molecule has 2 aromatic carbocycles. The molecular weight excluding hydrogens is 340 g/mol. The smallest absolute Gasteiger partial charge is 0.243 e. The molecule has 5 heteroatoms. The number of hydrogen-bond acceptors (Lipinski definition) is 4. The van der Waals surface area contributed by atoms with Gasteiger partial charge in [0.25, 0.3) is 0 Å². The number of anilines is 2. The highest BCUT2D eigenvalue weighted by Crippen LogP contribution is 2.24. The Morgan fingerprint density at radius 1 is 1.04 bits per heavy atom. The number of para-hydroxylation sites is 2. The number of unbranched alkanes of at least 4 members (excludes halogenated alkanes) is 1. The second-order valence-electron chi connectivity index (χ2n) is 6.83. The van der Waals surface area contributed by atoms with Crippen molar-refractivity contribution in [3.05, 3.63) is 48.5 Å². The van der Waals surface area contributed by atoms with Gasteiger partial charge in [0.2, 0.25) is 5.91 Å². The Balaban J connectivity index is 1.82. The number of nitrogens with one attached hydrogen (secondary N) is 2. The molecule has 0 aliphatic carbocycles. The summed E-state index contributed by atoms with van der Waals surface area (Å²) in [4.78, 5) is 12.2.